The number of hydrogen-bond donors (Lipinski definition) is 4. The normalized spacial score (nSPS) is 13.7. The molecule has 5 rings (SSSR count). The lowest BCUT2D eigenvalue weighted by Crippen LogP contribution is -2.49. The van der Waals surface area contributed by atoms with Crippen molar-refractivity contribution in [3.05, 3.63) is 47.5 Å². The van der Waals surface area contributed by atoms with Crippen LogP contribution in [0.2, 0.25) is 0 Å². The molecular weight excluding hydrogens is 618 g/mol. The number of nitrogens with two attached hydrogens (primary N) is 3. The number of ether oxygens (including phenoxy) is 2. The number of amides is 2. The smallest absolute Gasteiger partial charge is 0.335 e. The van der Waals surface area contributed by atoms with E-state index in [2.05, 4.69) is 26.7 Å². The Labute approximate surface area is 276 Å². The molecule has 0 spiro atoms. The van der Waals surface area contributed by atoms with Crippen LogP contribution >= 0.6 is 0 Å². The van der Waals surface area contributed by atoms with Gasteiger partial charge in [-0.1, -0.05) is 37.8 Å². The van der Waals surface area contributed by atoms with Gasteiger partial charge < -0.3 is 45.8 Å². The molecule has 0 bridgehead atoms. The molecule has 0 atom stereocenters. The van der Waals surface area contributed by atoms with Crippen LogP contribution in [-0.4, -0.2) is 98.2 Å². The maximum absolute atomic E-state index is 12.2. The Morgan fingerprint density at radius 1 is 0.896 bits per heavy atom. The Balaban J connectivity index is 1.29. The van der Waals surface area contributed by atoms with Crippen LogP contribution in [0, 0.1) is 17.8 Å². The Bertz CT molecular complexity index is 1960. The average molecular weight is 658 g/mol. The fourth-order valence-corrected chi connectivity index (χ4v) is 5.58. The van der Waals surface area contributed by atoms with E-state index in [9.17, 15) is 19.5 Å². The third kappa shape index (κ3) is 7.13. The minimum atomic E-state index is -1.10. The lowest BCUT2D eigenvalue weighted by molar-refractivity contribution is -0.136. The van der Waals surface area contributed by atoms with Crippen LogP contribution in [0.15, 0.2) is 36.4 Å². The maximum atomic E-state index is 12.2. The highest BCUT2D eigenvalue weighted by molar-refractivity contribution is 5.99. The van der Waals surface area contributed by atoms with Crippen molar-refractivity contribution >= 4 is 51.7 Å². The largest absolute Gasteiger partial charge is 0.494 e. The molecule has 1 fully saturated rings. The second-order valence-electron chi connectivity index (χ2n) is 11.6. The van der Waals surface area contributed by atoms with E-state index in [-0.39, 0.29) is 41.5 Å². The number of aromatic nitrogens is 4. The summed E-state index contributed by atoms with van der Waals surface area (Å²) in [5.41, 5.74) is 20.3. The first-order chi connectivity index (χ1) is 23.0. The number of primary amides is 1. The van der Waals surface area contributed by atoms with E-state index in [4.69, 9.17) is 26.7 Å². The SMILES string of the molecule is COc1cc(C(=O)O)cc2nc(N)n(CC=CCn3c(N)nc4cc(C(N)=O)cc(OCC#CCN5CCN(C(=O)C(C)C)CC5)c43)c12. The number of methoxy groups -OCH3 is 1. The van der Waals surface area contributed by atoms with Gasteiger partial charge in [-0.25, -0.2) is 14.8 Å². The summed E-state index contributed by atoms with van der Waals surface area (Å²) in [5, 5.41) is 9.42. The number of rotatable bonds is 11. The number of carboxylic acid groups (broad SMARTS) is 1. The summed E-state index contributed by atoms with van der Waals surface area (Å²) in [4.78, 5) is 48.6. The molecule has 0 aliphatic carbocycles. The number of benzene rings is 2. The maximum Gasteiger partial charge on any atom is 0.335 e. The van der Waals surface area contributed by atoms with Crippen molar-refractivity contribution < 1.29 is 29.0 Å². The Morgan fingerprint density at radius 3 is 2.00 bits per heavy atom. The summed E-state index contributed by atoms with van der Waals surface area (Å²) in [7, 11) is 1.45. The van der Waals surface area contributed by atoms with Crippen LogP contribution < -0.4 is 26.7 Å². The Hall–Kier alpha value is -5.75. The van der Waals surface area contributed by atoms with E-state index in [1.165, 1.54) is 19.2 Å². The quantitative estimate of drug-likeness (QED) is 0.135. The molecule has 2 amide bonds. The summed E-state index contributed by atoms with van der Waals surface area (Å²) in [6.45, 7) is 7.91. The van der Waals surface area contributed by atoms with Crippen LogP contribution in [0.4, 0.5) is 11.9 Å². The second kappa shape index (κ2) is 14.3. The zero-order chi connectivity index (χ0) is 34.5. The van der Waals surface area contributed by atoms with Crippen molar-refractivity contribution in [2.45, 2.75) is 26.9 Å². The third-order valence-corrected chi connectivity index (χ3v) is 8.07. The lowest BCUT2D eigenvalue weighted by Gasteiger charge is -2.34. The summed E-state index contributed by atoms with van der Waals surface area (Å²) in [6.07, 6.45) is 3.72. The van der Waals surface area contributed by atoms with Gasteiger partial charge in [0, 0.05) is 50.7 Å². The molecule has 1 saturated heterocycles. The molecule has 0 saturated carbocycles. The van der Waals surface area contributed by atoms with Crippen LogP contribution in [0.3, 0.4) is 0 Å². The molecule has 1 aliphatic heterocycles. The van der Waals surface area contributed by atoms with Crippen molar-refractivity contribution in [2.24, 2.45) is 11.7 Å². The number of carbonyl (C=O) groups excluding carboxylic acids is 2. The molecule has 252 valence electrons. The summed E-state index contributed by atoms with van der Waals surface area (Å²) in [5.74, 6) is 5.68. The molecule has 15 heteroatoms. The first-order valence-corrected chi connectivity index (χ1v) is 15.4. The third-order valence-electron chi connectivity index (χ3n) is 8.07. The second-order valence-corrected chi connectivity index (χ2v) is 11.6. The number of piperazine rings is 1. The number of aromatic carboxylic acids is 1. The highest BCUT2D eigenvalue weighted by Crippen LogP contribution is 2.31. The first kappa shape index (κ1) is 33.6. The molecule has 48 heavy (non-hydrogen) atoms. The predicted molar refractivity (Wildman–Crippen MR) is 181 cm³/mol. The number of fused-ring (bicyclic) bond motifs is 2. The van der Waals surface area contributed by atoms with Gasteiger partial charge >= 0.3 is 5.97 Å². The van der Waals surface area contributed by atoms with Gasteiger partial charge in [-0.2, -0.15) is 0 Å². The number of carbonyl (C=O) groups is 3. The van der Waals surface area contributed by atoms with E-state index in [1.54, 1.807) is 21.3 Å². The van der Waals surface area contributed by atoms with Gasteiger partial charge in [0.05, 0.1) is 30.3 Å². The van der Waals surface area contributed by atoms with Crippen molar-refractivity contribution in [1.29, 1.82) is 0 Å². The molecule has 15 nitrogen and oxygen atoms in total. The number of imidazole rings is 2. The van der Waals surface area contributed by atoms with Gasteiger partial charge in [-0.05, 0) is 24.3 Å². The summed E-state index contributed by atoms with van der Waals surface area (Å²) < 4.78 is 14.9. The molecule has 4 aromatic rings. The van der Waals surface area contributed by atoms with Crippen molar-refractivity contribution in [2.75, 3.05) is 57.9 Å². The van der Waals surface area contributed by atoms with Gasteiger partial charge in [-0.3, -0.25) is 14.5 Å². The number of nitrogens with zero attached hydrogens (tertiary/aromatic N) is 6. The number of nitrogen functional groups attached to an aromatic ring is 2. The summed E-state index contributed by atoms with van der Waals surface area (Å²) in [6, 6.07) is 5.98. The molecule has 0 radical (unpaired) electrons. The van der Waals surface area contributed by atoms with Crippen molar-refractivity contribution in [1.82, 2.24) is 28.9 Å². The van der Waals surface area contributed by atoms with Crippen LogP contribution in [0.1, 0.15) is 34.6 Å². The zero-order valence-corrected chi connectivity index (χ0v) is 27.1. The Kier molecular flexibility index (Phi) is 10.0. The molecule has 7 N–H and O–H groups in total. The lowest BCUT2D eigenvalue weighted by atomic mass is 10.1. The highest BCUT2D eigenvalue weighted by atomic mass is 16.5. The number of allylic oxidation sites excluding steroid dienone is 2. The van der Waals surface area contributed by atoms with E-state index < -0.39 is 11.9 Å². The molecule has 0 unspecified atom stereocenters. The molecule has 2 aromatic heterocycles. The molecule has 2 aromatic carbocycles. The van der Waals surface area contributed by atoms with Crippen LogP contribution in [0.5, 0.6) is 11.5 Å². The standard InChI is InChI=1S/C33H39N9O6/c1-20(2)30(44)40-13-11-39(12-14-40)8-6-7-15-48-26-18-21(29(34)43)16-23-28(26)42(33(36)37-23)10-5-4-9-41-27-24(38-32(41)35)17-22(31(45)46)19-25(27)47-3/h4-5,16-20H,8-15H2,1-3H3,(H2,34,43)(H2,35,38)(H2,36,37)(H,45,46). The van der Waals surface area contributed by atoms with Crippen LogP contribution in [-0.2, 0) is 17.9 Å². The van der Waals surface area contributed by atoms with E-state index in [1.807, 2.05) is 30.9 Å². The van der Waals surface area contributed by atoms with Crippen molar-refractivity contribution in [3.8, 4) is 23.3 Å². The van der Waals surface area contributed by atoms with Crippen LogP contribution in [0.25, 0.3) is 22.1 Å². The number of carboxylic acids is 1. The minimum absolute atomic E-state index is 0.0139. The monoisotopic (exact) mass is 657 g/mol. The highest BCUT2D eigenvalue weighted by Gasteiger charge is 2.22. The number of hydrogen-bond acceptors (Lipinski definition) is 10. The van der Waals surface area contributed by atoms with Gasteiger partial charge in [0.15, 0.2) is 0 Å². The molecule has 1 aliphatic rings. The fraction of sp³-hybridized carbons (Fsp3) is 0.364. The van der Waals surface area contributed by atoms with Crippen molar-refractivity contribution in [3.63, 3.8) is 0 Å². The summed E-state index contributed by atoms with van der Waals surface area (Å²) >= 11 is 0. The van der Waals surface area contributed by atoms with Gasteiger partial charge in [0.1, 0.15) is 29.1 Å². The van der Waals surface area contributed by atoms with Gasteiger partial charge in [0.2, 0.25) is 23.7 Å². The van der Waals surface area contributed by atoms with E-state index >= 15 is 0 Å². The average Bonchev–Trinajstić information content (AvgIpc) is 3.56. The fourth-order valence-electron chi connectivity index (χ4n) is 5.58. The van der Waals surface area contributed by atoms with E-state index in [0.29, 0.717) is 66.3 Å². The zero-order valence-electron chi connectivity index (χ0n) is 27.1. The van der Waals surface area contributed by atoms with Gasteiger partial charge in [0.25, 0.3) is 0 Å². The molecular formula is C33H39N9O6. The minimum Gasteiger partial charge on any atom is -0.494 e. The van der Waals surface area contributed by atoms with E-state index in [0.717, 1.165) is 13.1 Å². The number of anilines is 2. The topological polar surface area (TPSA) is 210 Å². The molecule has 3 heterocycles. The Morgan fingerprint density at radius 2 is 1.46 bits per heavy atom. The first-order valence-electron chi connectivity index (χ1n) is 15.4. The van der Waals surface area contributed by atoms with Gasteiger partial charge in [-0.15, -0.1) is 0 Å². The predicted octanol–water partition coefficient (Wildman–Crippen LogP) is 1.79.